The fourth-order valence-electron chi connectivity index (χ4n) is 2.73. The summed E-state index contributed by atoms with van der Waals surface area (Å²) in [4.78, 5) is 20.5. The van der Waals surface area contributed by atoms with Crippen LogP contribution in [0, 0.1) is 0 Å². The Balaban J connectivity index is 1.66. The summed E-state index contributed by atoms with van der Waals surface area (Å²) in [5.41, 5.74) is 0. The lowest BCUT2D eigenvalue weighted by Gasteiger charge is -2.41. The molecule has 3 rings (SSSR count). The Bertz CT molecular complexity index is 423. The Hall–Kier alpha value is -1.14. The summed E-state index contributed by atoms with van der Waals surface area (Å²) < 4.78 is 5.05. The molecule has 2 aliphatic heterocycles. The zero-order valence-corrected chi connectivity index (χ0v) is 11.2. The van der Waals surface area contributed by atoms with Gasteiger partial charge in [0.05, 0.1) is 6.61 Å². The van der Waals surface area contributed by atoms with Crippen LogP contribution in [0.1, 0.15) is 13.3 Å². The van der Waals surface area contributed by atoms with Crippen LogP contribution in [0.2, 0.25) is 0 Å². The Morgan fingerprint density at radius 2 is 2.39 bits per heavy atom. The van der Waals surface area contributed by atoms with Gasteiger partial charge in [0.2, 0.25) is 0 Å². The molecule has 1 aromatic heterocycles. The number of aromatic nitrogens is 1. The van der Waals surface area contributed by atoms with Crippen molar-refractivity contribution in [2.75, 3.05) is 31.1 Å². The fourth-order valence-corrected chi connectivity index (χ4v) is 3.50. The molecule has 0 N–H and O–H groups in total. The topological polar surface area (TPSA) is 45.7 Å². The Labute approximate surface area is 110 Å². The van der Waals surface area contributed by atoms with Gasteiger partial charge in [0, 0.05) is 43.7 Å². The van der Waals surface area contributed by atoms with Gasteiger partial charge in [0.1, 0.15) is 6.04 Å². The van der Waals surface area contributed by atoms with Gasteiger partial charge in [-0.3, -0.25) is 9.69 Å². The van der Waals surface area contributed by atoms with Crippen molar-refractivity contribution in [3.8, 4) is 0 Å². The lowest BCUT2D eigenvalue weighted by atomic mass is 10.1. The molecule has 1 aromatic rings. The average Bonchev–Trinajstić information content (AvgIpc) is 2.99. The number of carbonyl (C=O) groups excluding carboxylic acids is 1. The van der Waals surface area contributed by atoms with E-state index in [0.29, 0.717) is 12.6 Å². The third kappa shape index (κ3) is 2.10. The number of carbonyl (C=O) groups is 1. The van der Waals surface area contributed by atoms with Crippen molar-refractivity contribution in [2.45, 2.75) is 25.4 Å². The van der Waals surface area contributed by atoms with Crippen LogP contribution in [0.15, 0.2) is 11.6 Å². The van der Waals surface area contributed by atoms with Crippen LogP contribution < -0.4 is 4.90 Å². The van der Waals surface area contributed by atoms with Gasteiger partial charge in [-0.2, -0.15) is 0 Å². The number of cyclic esters (lactones) is 1. The second-order valence-electron chi connectivity index (χ2n) is 4.82. The zero-order chi connectivity index (χ0) is 12.5. The molecule has 6 heteroatoms. The number of thiazole rings is 1. The van der Waals surface area contributed by atoms with Gasteiger partial charge in [-0.25, -0.2) is 4.98 Å². The van der Waals surface area contributed by atoms with Crippen molar-refractivity contribution in [3.05, 3.63) is 11.6 Å². The van der Waals surface area contributed by atoms with Crippen LogP contribution in [-0.4, -0.2) is 54.2 Å². The Kier molecular flexibility index (Phi) is 3.22. The van der Waals surface area contributed by atoms with Gasteiger partial charge < -0.3 is 9.64 Å². The van der Waals surface area contributed by atoms with Crippen LogP contribution >= 0.6 is 11.3 Å². The van der Waals surface area contributed by atoms with Crippen molar-refractivity contribution < 1.29 is 9.53 Å². The molecule has 2 aliphatic rings. The molecule has 0 aliphatic carbocycles. The maximum absolute atomic E-state index is 11.6. The molecule has 18 heavy (non-hydrogen) atoms. The quantitative estimate of drug-likeness (QED) is 0.747. The number of rotatable bonds is 2. The number of anilines is 1. The summed E-state index contributed by atoms with van der Waals surface area (Å²) >= 11 is 1.67. The molecule has 0 aromatic carbocycles. The molecule has 0 bridgehead atoms. The predicted octanol–water partition coefficient (Wildman–Crippen LogP) is 0.969. The van der Waals surface area contributed by atoms with Crippen molar-refractivity contribution in [3.63, 3.8) is 0 Å². The summed E-state index contributed by atoms with van der Waals surface area (Å²) in [5.74, 6) is -0.0510. The van der Waals surface area contributed by atoms with Crippen molar-refractivity contribution in [1.82, 2.24) is 9.88 Å². The van der Waals surface area contributed by atoms with Crippen LogP contribution in [-0.2, 0) is 9.53 Å². The monoisotopic (exact) mass is 267 g/mol. The summed E-state index contributed by atoms with van der Waals surface area (Å²) in [6.07, 6.45) is 2.68. The summed E-state index contributed by atoms with van der Waals surface area (Å²) in [7, 11) is 0. The van der Waals surface area contributed by atoms with E-state index in [4.69, 9.17) is 4.74 Å². The first-order valence-corrected chi connectivity index (χ1v) is 7.20. The van der Waals surface area contributed by atoms with E-state index in [-0.39, 0.29) is 12.0 Å². The minimum Gasteiger partial charge on any atom is -0.464 e. The SMILES string of the molecule is C[C@@H]1CN([C@H]2CCOC2=O)CCN1c1nccs1. The molecule has 0 unspecified atom stereocenters. The fraction of sp³-hybridized carbons (Fsp3) is 0.667. The second kappa shape index (κ2) is 4.85. The third-order valence-corrected chi connectivity index (χ3v) is 4.48. The minimum absolute atomic E-state index is 0.0223. The highest BCUT2D eigenvalue weighted by molar-refractivity contribution is 7.13. The number of esters is 1. The van der Waals surface area contributed by atoms with E-state index in [0.717, 1.165) is 31.2 Å². The maximum Gasteiger partial charge on any atom is 0.323 e. The van der Waals surface area contributed by atoms with E-state index in [2.05, 4.69) is 21.7 Å². The van der Waals surface area contributed by atoms with E-state index in [1.54, 1.807) is 11.3 Å². The number of hydrogen-bond acceptors (Lipinski definition) is 6. The summed E-state index contributed by atoms with van der Waals surface area (Å²) in [6, 6.07) is 0.365. The lowest BCUT2D eigenvalue weighted by Crippen LogP contribution is -2.55. The van der Waals surface area contributed by atoms with Crippen LogP contribution in [0.25, 0.3) is 0 Å². The highest BCUT2D eigenvalue weighted by atomic mass is 32.1. The molecule has 3 heterocycles. The molecule has 2 atom stereocenters. The van der Waals surface area contributed by atoms with Crippen molar-refractivity contribution in [2.24, 2.45) is 0 Å². The number of ether oxygens (including phenoxy) is 1. The molecular weight excluding hydrogens is 250 g/mol. The smallest absolute Gasteiger partial charge is 0.323 e. The molecule has 0 radical (unpaired) electrons. The molecule has 0 saturated carbocycles. The lowest BCUT2D eigenvalue weighted by molar-refractivity contribution is -0.142. The molecule has 2 fully saturated rings. The molecule has 0 spiro atoms. The Morgan fingerprint density at radius 1 is 1.50 bits per heavy atom. The highest BCUT2D eigenvalue weighted by Gasteiger charge is 2.36. The maximum atomic E-state index is 11.6. The molecule has 0 amide bonds. The van der Waals surface area contributed by atoms with Gasteiger partial charge in [-0.05, 0) is 6.92 Å². The summed E-state index contributed by atoms with van der Waals surface area (Å²) in [5, 5.41) is 3.08. The average molecular weight is 267 g/mol. The van der Waals surface area contributed by atoms with Gasteiger partial charge >= 0.3 is 5.97 Å². The van der Waals surface area contributed by atoms with E-state index in [9.17, 15) is 4.79 Å². The van der Waals surface area contributed by atoms with Gasteiger partial charge in [-0.1, -0.05) is 0 Å². The molecule has 98 valence electrons. The summed E-state index contributed by atoms with van der Waals surface area (Å²) in [6.45, 7) is 5.50. The van der Waals surface area contributed by atoms with E-state index in [1.807, 2.05) is 11.6 Å². The standard InChI is InChI=1S/C12H17N3O2S/c1-9-8-14(10-2-6-17-11(10)16)4-5-15(9)12-13-3-7-18-12/h3,7,9-10H,2,4-6,8H2,1H3/t9-,10+/m1/s1. The molecule has 2 saturated heterocycles. The highest BCUT2D eigenvalue weighted by Crippen LogP contribution is 2.25. The van der Waals surface area contributed by atoms with Gasteiger partial charge in [0.25, 0.3) is 0 Å². The van der Waals surface area contributed by atoms with Crippen molar-refractivity contribution >= 4 is 22.4 Å². The number of nitrogens with zero attached hydrogens (tertiary/aromatic N) is 3. The minimum atomic E-state index is -0.0510. The van der Waals surface area contributed by atoms with Crippen LogP contribution in [0.3, 0.4) is 0 Å². The van der Waals surface area contributed by atoms with Gasteiger partial charge in [-0.15, -0.1) is 11.3 Å². The Morgan fingerprint density at radius 3 is 3.00 bits per heavy atom. The first-order chi connectivity index (χ1) is 8.75. The van der Waals surface area contributed by atoms with E-state index in [1.165, 1.54) is 0 Å². The van der Waals surface area contributed by atoms with E-state index < -0.39 is 0 Å². The van der Waals surface area contributed by atoms with Crippen LogP contribution in [0.4, 0.5) is 5.13 Å². The van der Waals surface area contributed by atoms with E-state index >= 15 is 0 Å². The second-order valence-corrected chi connectivity index (χ2v) is 5.70. The zero-order valence-electron chi connectivity index (χ0n) is 10.4. The largest absolute Gasteiger partial charge is 0.464 e. The predicted molar refractivity (Wildman–Crippen MR) is 69.9 cm³/mol. The number of hydrogen-bond donors (Lipinski definition) is 0. The normalized spacial score (nSPS) is 29.6. The molecule has 5 nitrogen and oxygen atoms in total. The van der Waals surface area contributed by atoms with Crippen molar-refractivity contribution in [1.29, 1.82) is 0 Å². The first kappa shape index (κ1) is 11.9. The van der Waals surface area contributed by atoms with Crippen LogP contribution in [0.5, 0.6) is 0 Å². The van der Waals surface area contributed by atoms with Gasteiger partial charge in [0.15, 0.2) is 5.13 Å². The first-order valence-electron chi connectivity index (χ1n) is 6.32. The third-order valence-electron chi connectivity index (χ3n) is 3.67. The molecular formula is C12H17N3O2S. The number of piperazine rings is 1.